The van der Waals surface area contributed by atoms with Crippen molar-refractivity contribution in [1.82, 2.24) is 4.90 Å². The van der Waals surface area contributed by atoms with E-state index >= 15 is 0 Å². The second-order valence-electron chi connectivity index (χ2n) is 4.71. The number of carbonyl (C=O) groups excluding carboxylic acids is 1. The van der Waals surface area contributed by atoms with Crippen LogP contribution in [0.4, 0.5) is 0 Å². The first-order valence-corrected chi connectivity index (χ1v) is 6.64. The lowest BCUT2D eigenvalue weighted by Crippen LogP contribution is -2.19. The minimum absolute atomic E-state index is 0.269. The predicted octanol–water partition coefficient (Wildman–Crippen LogP) is 2.07. The Kier molecular flexibility index (Phi) is 7.15. The molecule has 0 aliphatic carbocycles. The van der Waals surface area contributed by atoms with Gasteiger partial charge in [-0.15, -0.1) is 0 Å². The predicted molar refractivity (Wildman–Crippen MR) is 75.1 cm³/mol. The third kappa shape index (κ3) is 5.85. The summed E-state index contributed by atoms with van der Waals surface area (Å²) in [6.45, 7) is 2.07. The van der Waals surface area contributed by atoms with Gasteiger partial charge in [-0.2, -0.15) is 0 Å². The SMILES string of the molecule is COC(=O)c1cccc(CN(C)CCCCCO)c1. The molecule has 0 saturated heterocycles. The first-order valence-electron chi connectivity index (χ1n) is 6.64. The van der Waals surface area contributed by atoms with Gasteiger partial charge in [-0.1, -0.05) is 12.1 Å². The third-order valence-corrected chi connectivity index (χ3v) is 3.00. The van der Waals surface area contributed by atoms with Crippen LogP contribution >= 0.6 is 0 Å². The molecule has 1 aromatic rings. The fourth-order valence-electron chi connectivity index (χ4n) is 1.98. The highest BCUT2D eigenvalue weighted by Crippen LogP contribution is 2.09. The Labute approximate surface area is 115 Å². The van der Waals surface area contributed by atoms with E-state index in [1.807, 2.05) is 18.2 Å². The molecule has 0 fully saturated rings. The van der Waals surface area contributed by atoms with Crippen molar-refractivity contribution in [1.29, 1.82) is 0 Å². The Morgan fingerprint density at radius 2 is 2.11 bits per heavy atom. The summed E-state index contributed by atoms with van der Waals surface area (Å²) in [7, 11) is 3.45. The van der Waals surface area contributed by atoms with E-state index in [-0.39, 0.29) is 12.6 Å². The van der Waals surface area contributed by atoms with Gasteiger partial charge in [0.2, 0.25) is 0 Å². The number of aliphatic hydroxyl groups excluding tert-OH is 1. The molecule has 106 valence electrons. The van der Waals surface area contributed by atoms with E-state index in [4.69, 9.17) is 9.84 Å². The van der Waals surface area contributed by atoms with E-state index in [1.165, 1.54) is 7.11 Å². The van der Waals surface area contributed by atoms with E-state index < -0.39 is 0 Å². The molecule has 4 heteroatoms. The van der Waals surface area contributed by atoms with Crippen LogP contribution in [0.3, 0.4) is 0 Å². The number of ether oxygens (including phenoxy) is 1. The topological polar surface area (TPSA) is 49.8 Å². The summed E-state index contributed by atoms with van der Waals surface area (Å²) in [5.74, 6) is -0.299. The molecule has 4 nitrogen and oxygen atoms in total. The van der Waals surface area contributed by atoms with Crippen LogP contribution in [-0.2, 0) is 11.3 Å². The van der Waals surface area contributed by atoms with Crippen molar-refractivity contribution in [2.45, 2.75) is 25.8 Å². The number of esters is 1. The molecule has 0 atom stereocenters. The van der Waals surface area contributed by atoms with E-state index in [1.54, 1.807) is 6.07 Å². The van der Waals surface area contributed by atoms with Crippen molar-refractivity contribution >= 4 is 5.97 Å². The van der Waals surface area contributed by atoms with Crippen molar-refractivity contribution in [3.8, 4) is 0 Å². The standard InChI is InChI=1S/C15H23NO3/c1-16(9-4-3-5-10-17)12-13-7-6-8-14(11-13)15(18)19-2/h6-8,11,17H,3-5,9-10,12H2,1-2H3. The number of methoxy groups -OCH3 is 1. The molecule has 0 saturated carbocycles. The number of benzene rings is 1. The molecule has 1 aromatic carbocycles. The number of nitrogens with zero attached hydrogens (tertiary/aromatic N) is 1. The largest absolute Gasteiger partial charge is 0.465 e. The van der Waals surface area contributed by atoms with Gasteiger partial charge < -0.3 is 14.7 Å². The Morgan fingerprint density at radius 3 is 2.79 bits per heavy atom. The summed E-state index contributed by atoms with van der Waals surface area (Å²) >= 11 is 0. The van der Waals surface area contributed by atoms with Crippen LogP contribution in [0.25, 0.3) is 0 Å². The zero-order valence-corrected chi connectivity index (χ0v) is 11.8. The molecule has 19 heavy (non-hydrogen) atoms. The molecule has 1 rings (SSSR count). The van der Waals surface area contributed by atoms with Gasteiger partial charge in [0.25, 0.3) is 0 Å². The Hall–Kier alpha value is -1.39. The fraction of sp³-hybridized carbons (Fsp3) is 0.533. The van der Waals surface area contributed by atoms with E-state index in [0.717, 1.165) is 37.9 Å². The van der Waals surface area contributed by atoms with Gasteiger partial charge in [0, 0.05) is 13.2 Å². The van der Waals surface area contributed by atoms with Crippen LogP contribution in [0.15, 0.2) is 24.3 Å². The minimum atomic E-state index is -0.299. The van der Waals surface area contributed by atoms with Crippen molar-refractivity contribution in [3.05, 3.63) is 35.4 Å². The average Bonchev–Trinajstić information content (AvgIpc) is 2.43. The Morgan fingerprint density at radius 1 is 1.32 bits per heavy atom. The van der Waals surface area contributed by atoms with Crippen LogP contribution < -0.4 is 0 Å². The fourth-order valence-corrected chi connectivity index (χ4v) is 1.98. The lowest BCUT2D eigenvalue weighted by Gasteiger charge is -2.16. The van der Waals surface area contributed by atoms with E-state index in [2.05, 4.69) is 11.9 Å². The van der Waals surface area contributed by atoms with Gasteiger partial charge in [0.05, 0.1) is 12.7 Å². The summed E-state index contributed by atoms with van der Waals surface area (Å²) in [6.07, 6.45) is 2.99. The smallest absolute Gasteiger partial charge is 0.337 e. The maximum Gasteiger partial charge on any atom is 0.337 e. The molecular formula is C15H23NO3. The highest BCUT2D eigenvalue weighted by molar-refractivity contribution is 5.89. The average molecular weight is 265 g/mol. The van der Waals surface area contributed by atoms with Gasteiger partial charge in [0.1, 0.15) is 0 Å². The van der Waals surface area contributed by atoms with Crippen molar-refractivity contribution < 1.29 is 14.6 Å². The number of hydrogen-bond donors (Lipinski definition) is 1. The molecule has 0 aromatic heterocycles. The molecule has 1 N–H and O–H groups in total. The second-order valence-corrected chi connectivity index (χ2v) is 4.71. The lowest BCUT2D eigenvalue weighted by atomic mass is 10.1. The molecule has 0 bridgehead atoms. The zero-order chi connectivity index (χ0) is 14.1. The Bertz CT molecular complexity index is 393. The van der Waals surface area contributed by atoms with Crippen molar-refractivity contribution in [2.24, 2.45) is 0 Å². The molecule has 0 unspecified atom stereocenters. The van der Waals surface area contributed by atoms with Crippen LogP contribution in [-0.4, -0.2) is 43.3 Å². The minimum Gasteiger partial charge on any atom is -0.465 e. The molecule has 0 radical (unpaired) electrons. The maximum atomic E-state index is 11.4. The number of rotatable bonds is 8. The number of carbonyl (C=O) groups is 1. The normalized spacial score (nSPS) is 10.7. The molecule has 0 aliphatic heterocycles. The maximum absolute atomic E-state index is 11.4. The van der Waals surface area contributed by atoms with Gasteiger partial charge in [-0.3, -0.25) is 0 Å². The highest BCUT2D eigenvalue weighted by Gasteiger charge is 2.06. The van der Waals surface area contributed by atoms with E-state index in [0.29, 0.717) is 5.56 Å². The molecule has 0 heterocycles. The Balaban J connectivity index is 2.45. The first kappa shape index (κ1) is 15.7. The zero-order valence-electron chi connectivity index (χ0n) is 11.8. The number of hydrogen-bond acceptors (Lipinski definition) is 4. The summed E-state index contributed by atoms with van der Waals surface area (Å²) < 4.78 is 4.71. The van der Waals surface area contributed by atoms with Gasteiger partial charge in [-0.25, -0.2) is 4.79 Å². The number of unbranched alkanes of at least 4 members (excludes halogenated alkanes) is 2. The molecule has 0 amide bonds. The summed E-state index contributed by atoms with van der Waals surface area (Å²) in [4.78, 5) is 13.7. The monoisotopic (exact) mass is 265 g/mol. The third-order valence-electron chi connectivity index (χ3n) is 3.00. The quantitative estimate of drug-likeness (QED) is 0.577. The lowest BCUT2D eigenvalue weighted by molar-refractivity contribution is 0.0600. The molecular weight excluding hydrogens is 242 g/mol. The van der Waals surface area contributed by atoms with Crippen LogP contribution in [0.2, 0.25) is 0 Å². The molecule has 0 spiro atoms. The van der Waals surface area contributed by atoms with Gasteiger partial charge in [0.15, 0.2) is 0 Å². The molecule has 0 aliphatic rings. The van der Waals surface area contributed by atoms with Crippen LogP contribution in [0, 0.1) is 0 Å². The van der Waals surface area contributed by atoms with Crippen molar-refractivity contribution in [2.75, 3.05) is 27.3 Å². The number of aliphatic hydroxyl groups is 1. The summed E-state index contributed by atoms with van der Waals surface area (Å²) in [5.41, 5.74) is 1.70. The summed E-state index contributed by atoms with van der Waals surface area (Å²) in [5, 5.41) is 8.72. The van der Waals surface area contributed by atoms with Gasteiger partial charge in [-0.05, 0) is 50.6 Å². The summed E-state index contributed by atoms with van der Waals surface area (Å²) in [6, 6.07) is 7.52. The van der Waals surface area contributed by atoms with Crippen LogP contribution in [0.1, 0.15) is 35.2 Å². The second kappa shape index (κ2) is 8.67. The van der Waals surface area contributed by atoms with E-state index in [9.17, 15) is 4.79 Å². The van der Waals surface area contributed by atoms with Crippen molar-refractivity contribution in [3.63, 3.8) is 0 Å². The van der Waals surface area contributed by atoms with Crippen LogP contribution in [0.5, 0.6) is 0 Å². The van der Waals surface area contributed by atoms with Gasteiger partial charge >= 0.3 is 5.97 Å². The highest BCUT2D eigenvalue weighted by atomic mass is 16.5. The first-order chi connectivity index (χ1) is 9.17.